The Bertz CT molecular complexity index is 291. The molecule has 1 rings (SSSR count). The molecule has 1 aliphatic rings. The lowest BCUT2D eigenvalue weighted by atomic mass is 9.96. The van der Waals surface area contributed by atoms with Crippen molar-refractivity contribution < 1.29 is 4.74 Å². The molecule has 0 amide bonds. The molecule has 0 radical (unpaired) electrons. The predicted octanol–water partition coefficient (Wildman–Crippen LogP) is 3.03. The zero-order chi connectivity index (χ0) is 17.8. The van der Waals surface area contributed by atoms with Crippen molar-refractivity contribution in [1.29, 1.82) is 0 Å². The smallest absolute Gasteiger partial charge is 0.0593 e. The van der Waals surface area contributed by atoms with Crippen molar-refractivity contribution in [2.45, 2.75) is 46.5 Å². The van der Waals surface area contributed by atoms with Crippen LogP contribution in [-0.2, 0) is 4.74 Å². The third-order valence-corrected chi connectivity index (χ3v) is 5.26. The molecule has 0 unspecified atom stereocenters. The minimum absolute atomic E-state index is 0.790. The van der Waals surface area contributed by atoms with Crippen LogP contribution in [0.4, 0.5) is 0 Å². The molecule has 0 aromatic rings. The second kappa shape index (κ2) is 13.1. The van der Waals surface area contributed by atoms with Crippen molar-refractivity contribution in [3.05, 3.63) is 0 Å². The van der Waals surface area contributed by atoms with Gasteiger partial charge in [-0.1, -0.05) is 20.8 Å². The summed E-state index contributed by atoms with van der Waals surface area (Å²) in [5.41, 5.74) is 0. The molecule has 4 heteroatoms. The van der Waals surface area contributed by atoms with E-state index in [0.717, 1.165) is 44.6 Å². The fourth-order valence-electron chi connectivity index (χ4n) is 3.37. The van der Waals surface area contributed by atoms with Crippen LogP contribution in [0.2, 0.25) is 0 Å². The second-order valence-electron chi connectivity index (χ2n) is 8.09. The van der Waals surface area contributed by atoms with Crippen LogP contribution in [0.15, 0.2) is 0 Å². The minimum atomic E-state index is 0.790. The Morgan fingerprint density at radius 3 is 2.33 bits per heavy atom. The van der Waals surface area contributed by atoms with Gasteiger partial charge in [0.1, 0.15) is 0 Å². The number of hydrogen-bond donors (Lipinski definition) is 0. The van der Waals surface area contributed by atoms with Crippen molar-refractivity contribution in [3.8, 4) is 0 Å². The third kappa shape index (κ3) is 10.7. The maximum atomic E-state index is 5.81. The first-order valence-electron chi connectivity index (χ1n) is 10.2. The number of ether oxygens (including phenoxy) is 1. The van der Waals surface area contributed by atoms with E-state index in [4.69, 9.17) is 4.74 Å². The van der Waals surface area contributed by atoms with Crippen LogP contribution >= 0.6 is 0 Å². The van der Waals surface area contributed by atoms with Crippen molar-refractivity contribution in [3.63, 3.8) is 0 Å². The largest absolute Gasteiger partial charge is 0.380 e. The Labute approximate surface area is 151 Å². The van der Waals surface area contributed by atoms with Gasteiger partial charge in [-0.05, 0) is 77.8 Å². The SMILES string of the molecule is CCN1CCC(CN(C)CCCOCCN(C)CCC(C)C)CC1. The van der Waals surface area contributed by atoms with Crippen molar-refractivity contribution in [1.82, 2.24) is 14.7 Å². The summed E-state index contributed by atoms with van der Waals surface area (Å²) in [6.45, 7) is 17.1. The lowest BCUT2D eigenvalue weighted by molar-refractivity contribution is 0.0986. The molecular formula is C20H43N3O. The standard InChI is InChI=1S/C20H43N3O/c1-6-23-13-9-20(10-14-23)18-22(5)11-7-16-24-17-15-21(4)12-8-19(2)3/h19-20H,6-18H2,1-5H3. The van der Waals surface area contributed by atoms with Crippen molar-refractivity contribution in [2.75, 3.05) is 73.1 Å². The van der Waals surface area contributed by atoms with Crippen LogP contribution in [-0.4, -0.2) is 87.8 Å². The summed E-state index contributed by atoms with van der Waals surface area (Å²) < 4.78 is 5.81. The fourth-order valence-corrected chi connectivity index (χ4v) is 3.37. The molecule has 0 spiro atoms. The van der Waals surface area contributed by atoms with Gasteiger partial charge in [0.25, 0.3) is 0 Å². The highest BCUT2D eigenvalue weighted by Gasteiger charge is 2.19. The van der Waals surface area contributed by atoms with E-state index in [1.54, 1.807) is 0 Å². The van der Waals surface area contributed by atoms with Crippen LogP contribution in [0, 0.1) is 11.8 Å². The van der Waals surface area contributed by atoms with E-state index in [1.807, 2.05) is 0 Å². The van der Waals surface area contributed by atoms with Crippen molar-refractivity contribution >= 4 is 0 Å². The summed E-state index contributed by atoms with van der Waals surface area (Å²) in [6.07, 6.45) is 5.17. The molecule has 0 bridgehead atoms. The molecule has 24 heavy (non-hydrogen) atoms. The first kappa shape index (κ1) is 21.9. The first-order chi connectivity index (χ1) is 11.5. The van der Waals surface area contributed by atoms with Crippen molar-refractivity contribution in [2.24, 2.45) is 11.8 Å². The Kier molecular flexibility index (Phi) is 11.9. The molecule has 0 atom stereocenters. The summed E-state index contributed by atoms with van der Waals surface area (Å²) in [5, 5.41) is 0. The summed E-state index contributed by atoms with van der Waals surface area (Å²) >= 11 is 0. The van der Waals surface area contributed by atoms with Crippen LogP contribution in [0.3, 0.4) is 0 Å². The van der Waals surface area contributed by atoms with E-state index in [9.17, 15) is 0 Å². The zero-order valence-electron chi connectivity index (χ0n) is 17.1. The minimum Gasteiger partial charge on any atom is -0.380 e. The lowest BCUT2D eigenvalue weighted by Gasteiger charge is -2.33. The molecule has 4 nitrogen and oxygen atoms in total. The van der Waals surface area contributed by atoms with Gasteiger partial charge in [0.2, 0.25) is 0 Å². The quantitative estimate of drug-likeness (QED) is 0.479. The Morgan fingerprint density at radius 1 is 1.00 bits per heavy atom. The average Bonchev–Trinajstić information content (AvgIpc) is 2.56. The third-order valence-electron chi connectivity index (χ3n) is 5.26. The van der Waals surface area contributed by atoms with Gasteiger partial charge >= 0.3 is 0 Å². The van der Waals surface area contributed by atoms with E-state index < -0.39 is 0 Å². The van der Waals surface area contributed by atoms with Gasteiger partial charge in [-0.2, -0.15) is 0 Å². The van der Waals surface area contributed by atoms with Gasteiger partial charge in [-0.3, -0.25) is 0 Å². The summed E-state index contributed by atoms with van der Waals surface area (Å²) in [7, 11) is 4.47. The monoisotopic (exact) mass is 341 g/mol. The normalized spacial score (nSPS) is 17.5. The van der Waals surface area contributed by atoms with Gasteiger partial charge in [0.05, 0.1) is 6.61 Å². The number of likely N-dealkylation sites (tertiary alicyclic amines) is 1. The van der Waals surface area contributed by atoms with Gasteiger partial charge in [-0.25, -0.2) is 0 Å². The molecule has 0 aromatic heterocycles. The maximum absolute atomic E-state index is 5.81. The Balaban J connectivity index is 1.93. The molecule has 0 aliphatic carbocycles. The van der Waals surface area contributed by atoms with E-state index in [2.05, 4.69) is 49.6 Å². The van der Waals surface area contributed by atoms with E-state index in [0.29, 0.717) is 0 Å². The van der Waals surface area contributed by atoms with Gasteiger partial charge in [-0.15, -0.1) is 0 Å². The number of nitrogens with zero attached hydrogens (tertiary/aromatic N) is 3. The molecule has 144 valence electrons. The molecule has 0 N–H and O–H groups in total. The molecule has 1 saturated heterocycles. The second-order valence-corrected chi connectivity index (χ2v) is 8.09. The van der Waals surface area contributed by atoms with Crippen LogP contribution in [0.1, 0.15) is 46.5 Å². The summed E-state index contributed by atoms with van der Waals surface area (Å²) in [5.74, 6) is 1.69. The van der Waals surface area contributed by atoms with Crippen LogP contribution < -0.4 is 0 Å². The zero-order valence-corrected chi connectivity index (χ0v) is 17.1. The van der Waals surface area contributed by atoms with Gasteiger partial charge < -0.3 is 19.4 Å². The number of hydrogen-bond acceptors (Lipinski definition) is 4. The molecule has 0 saturated carbocycles. The van der Waals surface area contributed by atoms with Gasteiger partial charge in [0, 0.05) is 26.2 Å². The Hall–Kier alpha value is -0.160. The molecule has 1 fully saturated rings. The first-order valence-corrected chi connectivity index (χ1v) is 10.2. The van der Waals surface area contributed by atoms with Crippen LogP contribution in [0.5, 0.6) is 0 Å². The van der Waals surface area contributed by atoms with E-state index in [-0.39, 0.29) is 0 Å². The lowest BCUT2D eigenvalue weighted by Crippen LogP contribution is -2.37. The van der Waals surface area contributed by atoms with E-state index in [1.165, 1.54) is 52.0 Å². The maximum Gasteiger partial charge on any atom is 0.0593 e. The average molecular weight is 342 g/mol. The van der Waals surface area contributed by atoms with Crippen LogP contribution in [0.25, 0.3) is 0 Å². The number of likely N-dealkylation sites (N-methyl/N-ethyl adjacent to an activating group) is 1. The van der Waals surface area contributed by atoms with E-state index >= 15 is 0 Å². The number of rotatable bonds is 13. The Morgan fingerprint density at radius 2 is 1.71 bits per heavy atom. The molecule has 1 heterocycles. The predicted molar refractivity (Wildman–Crippen MR) is 105 cm³/mol. The molecule has 1 aliphatic heterocycles. The topological polar surface area (TPSA) is 19.0 Å². The molecular weight excluding hydrogens is 298 g/mol. The highest BCUT2D eigenvalue weighted by molar-refractivity contribution is 4.73. The fraction of sp³-hybridized carbons (Fsp3) is 1.00. The molecule has 0 aromatic carbocycles. The summed E-state index contributed by atoms with van der Waals surface area (Å²) in [4.78, 5) is 7.46. The highest BCUT2D eigenvalue weighted by Crippen LogP contribution is 2.17. The van der Waals surface area contributed by atoms with Gasteiger partial charge in [0.15, 0.2) is 0 Å². The number of piperidine rings is 1. The highest BCUT2D eigenvalue weighted by atomic mass is 16.5. The summed E-state index contributed by atoms with van der Waals surface area (Å²) in [6, 6.07) is 0.